The van der Waals surface area contributed by atoms with E-state index >= 15 is 0 Å². The number of fused-ring (bicyclic) bond motifs is 2. The summed E-state index contributed by atoms with van der Waals surface area (Å²) in [5.74, 6) is 0.813. The maximum atomic E-state index is 2.59. The molecule has 2 unspecified atom stereocenters. The van der Waals surface area contributed by atoms with Gasteiger partial charge in [-0.05, 0) is 41.6 Å². The van der Waals surface area contributed by atoms with Crippen molar-refractivity contribution < 1.29 is 0 Å². The van der Waals surface area contributed by atoms with Gasteiger partial charge in [-0.1, -0.05) is 62.8 Å². The smallest absolute Gasteiger partial charge is 0.00639 e. The molecule has 2 aliphatic carbocycles. The molecule has 0 N–H and O–H groups in total. The van der Waals surface area contributed by atoms with Gasteiger partial charge in [-0.25, -0.2) is 0 Å². The van der Waals surface area contributed by atoms with Crippen molar-refractivity contribution in [1.29, 1.82) is 0 Å². The first-order valence-electron chi connectivity index (χ1n) is 6.78. The molecule has 0 heterocycles. The molecule has 2 bridgehead atoms. The number of benzene rings is 1. The fourth-order valence-corrected chi connectivity index (χ4v) is 3.95. The lowest BCUT2D eigenvalue weighted by molar-refractivity contribution is 0.179. The molecule has 0 aliphatic heterocycles. The van der Waals surface area contributed by atoms with Crippen molar-refractivity contribution in [2.75, 3.05) is 0 Å². The Labute approximate surface area is 105 Å². The highest BCUT2D eigenvalue weighted by molar-refractivity contribution is 5.34. The summed E-state index contributed by atoms with van der Waals surface area (Å²) in [5.41, 5.74) is 4.07. The van der Waals surface area contributed by atoms with Crippen LogP contribution in [0.5, 0.6) is 0 Å². The van der Waals surface area contributed by atoms with Gasteiger partial charge in [0, 0.05) is 0 Å². The molecule has 2 aliphatic rings. The quantitative estimate of drug-likeness (QED) is 0.646. The van der Waals surface area contributed by atoms with Crippen LogP contribution < -0.4 is 0 Å². The minimum absolute atomic E-state index is 0.446. The fourth-order valence-electron chi connectivity index (χ4n) is 3.95. The van der Waals surface area contributed by atoms with Crippen LogP contribution in [0.15, 0.2) is 42.0 Å². The molecule has 0 nitrogen and oxygen atoms in total. The first kappa shape index (κ1) is 11.1. The van der Waals surface area contributed by atoms with E-state index < -0.39 is 0 Å². The first-order valence-corrected chi connectivity index (χ1v) is 6.78. The molecule has 1 saturated carbocycles. The monoisotopic (exact) mass is 226 g/mol. The van der Waals surface area contributed by atoms with Crippen molar-refractivity contribution in [3.05, 3.63) is 47.5 Å². The summed E-state index contributed by atoms with van der Waals surface area (Å²) >= 11 is 0. The topological polar surface area (TPSA) is 0 Å². The Bertz CT molecular complexity index is 452. The third kappa shape index (κ3) is 1.50. The van der Waals surface area contributed by atoms with Gasteiger partial charge in [0.25, 0.3) is 0 Å². The Kier molecular flexibility index (Phi) is 2.26. The lowest BCUT2D eigenvalue weighted by Crippen LogP contribution is -2.27. The second kappa shape index (κ2) is 3.48. The SMILES string of the molecule is CC12C=C(Cc3ccccc3)C(CC1)C2(C)C. The third-order valence-electron chi connectivity index (χ3n) is 5.50. The molecule has 0 radical (unpaired) electrons. The van der Waals surface area contributed by atoms with Gasteiger partial charge in [-0.15, -0.1) is 0 Å². The highest BCUT2D eigenvalue weighted by Gasteiger charge is 2.55. The summed E-state index contributed by atoms with van der Waals surface area (Å²) in [4.78, 5) is 0. The molecule has 0 saturated heterocycles. The molecule has 17 heavy (non-hydrogen) atoms. The molecule has 0 amide bonds. The van der Waals surface area contributed by atoms with Crippen molar-refractivity contribution >= 4 is 0 Å². The van der Waals surface area contributed by atoms with E-state index in [1.54, 1.807) is 5.57 Å². The number of hydrogen-bond acceptors (Lipinski definition) is 0. The summed E-state index contributed by atoms with van der Waals surface area (Å²) in [6.07, 6.45) is 6.52. The van der Waals surface area contributed by atoms with Gasteiger partial charge >= 0.3 is 0 Å². The predicted octanol–water partition coefficient (Wildman–Crippen LogP) is 4.61. The standard InChI is InChI=1S/C17H22/c1-16(2)15-9-10-17(16,3)12-14(15)11-13-7-5-4-6-8-13/h4-8,12,15H,9-11H2,1-3H3. The summed E-state index contributed by atoms with van der Waals surface area (Å²) in [6.45, 7) is 7.36. The maximum Gasteiger partial charge on any atom is -0.00639 e. The average Bonchev–Trinajstić information content (AvgIpc) is 2.61. The molecule has 90 valence electrons. The van der Waals surface area contributed by atoms with E-state index in [0.29, 0.717) is 10.8 Å². The van der Waals surface area contributed by atoms with Crippen molar-refractivity contribution in [2.24, 2.45) is 16.7 Å². The van der Waals surface area contributed by atoms with E-state index in [2.05, 4.69) is 57.2 Å². The van der Waals surface area contributed by atoms with Gasteiger partial charge in [0.05, 0.1) is 0 Å². The maximum absolute atomic E-state index is 2.59. The van der Waals surface area contributed by atoms with Crippen LogP contribution in [0.2, 0.25) is 0 Å². The lowest BCUT2D eigenvalue weighted by Gasteiger charge is -2.34. The molecule has 1 fully saturated rings. The molecule has 1 aromatic rings. The van der Waals surface area contributed by atoms with Crippen LogP contribution in [0.1, 0.15) is 39.2 Å². The van der Waals surface area contributed by atoms with E-state index in [1.807, 2.05) is 0 Å². The lowest BCUT2D eigenvalue weighted by atomic mass is 9.70. The Morgan fingerprint density at radius 2 is 1.82 bits per heavy atom. The minimum Gasteiger partial charge on any atom is -0.0782 e. The molecular formula is C17H22. The summed E-state index contributed by atoms with van der Waals surface area (Å²) in [7, 11) is 0. The predicted molar refractivity (Wildman–Crippen MR) is 72.8 cm³/mol. The van der Waals surface area contributed by atoms with Gasteiger partial charge in [-0.2, -0.15) is 0 Å². The molecular weight excluding hydrogens is 204 g/mol. The van der Waals surface area contributed by atoms with Crippen molar-refractivity contribution in [2.45, 2.75) is 40.0 Å². The van der Waals surface area contributed by atoms with Crippen LogP contribution in [0.3, 0.4) is 0 Å². The van der Waals surface area contributed by atoms with E-state index in [0.717, 1.165) is 12.3 Å². The van der Waals surface area contributed by atoms with Gasteiger partial charge in [0.1, 0.15) is 0 Å². The van der Waals surface area contributed by atoms with Crippen LogP contribution in [0.4, 0.5) is 0 Å². The zero-order chi connectivity index (χ0) is 12.1. The largest absolute Gasteiger partial charge is 0.0782 e. The van der Waals surface area contributed by atoms with E-state index in [-0.39, 0.29) is 0 Å². The Balaban J connectivity index is 1.88. The van der Waals surface area contributed by atoms with Gasteiger partial charge in [-0.3, -0.25) is 0 Å². The highest BCUT2D eigenvalue weighted by Crippen LogP contribution is 2.64. The van der Waals surface area contributed by atoms with Crippen LogP contribution in [-0.4, -0.2) is 0 Å². The zero-order valence-corrected chi connectivity index (χ0v) is 11.2. The van der Waals surface area contributed by atoms with Gasteiger partial charge < -0.3 is 0 Å². The fraction of sp³-hybridized carbons (Fsp3) is 0.529. The van der Waals surface area contributed by atoms with Gasteiger partial charge in [0.15, 0.2) is 0 Å². The van der Waals surface area contributed by atoms with Crippen LogP contribution >= 0.6 is 0 Å². The molecule has 0 spiro atoms. The zero-order valence-electron chi connectivity index (χ0n) is 11.2. The number of rotatable bonds is 2. The molecule has 1 aromatic carbocycles. The molecule has 3 rings (SSSR count). The Morgan fingerprint density at radius 3 is 2.35 bits per heavy atom. The highest BCUT2D eigenvalue weighted by atomic mass is 14.6. The molecule has 0 aromatic heterocycles. The summed E-state index contributed by atoms with van der Waals surface area (Å²) in [6, 6.07) is 10.9. The Hall–Kier alpha value is -1.04. The average molecular weight is 226 g/mol. The molecule has 0 heteroatoms. The summed E-state index contributed by atoms with van der Waals surface area (Å²) in [5, 5.41) is 0. The third-order valence-corrected chi connectivity index (χ3v) is 5.50. The van der Waals surface area contributed by atoms with Crippen molar-refractivity contribution in [3.8, 4) is 0 Å². The van der Waals surface area contributed by atoms with Crippen LogP contribution in [0.25, 0.3) is 0 Å². The molecule has 2 atom stereocenters. The second-order valence-corrected chi connectivity index (χ2v) is 6.61. The van der Waals surface area contributed by atoms with E-state index in [4.69, 9.17) is 0 Å². The van der Waals surface area contributed by atoms with Crippen molar-refractivity contribution in [1.82, 2.24) is 0 Å². The van der Waals surface area contributed by atoms with Crippen LogP contribution in [-0.2, 0) is 6.42 Å². The van der Waals surface area contributed by atoms with E-state index in [9.17, 15) is 0 Å². The normalized spacial score (nSPS) is 33.8. The summed E-state index contributed by atoms with van der Waals surface area (Å²) < 4.78 is 0. The van der Waals surface area contributed by atoms with Crippen molar-refractivity contribution in [3.63, 3.8) is 0 Å². The minimum atomic E-state index is 0.446. The van der Waals surface area contributed by atoms with E-state index in [1.165, 1.54) is 18.4 Å². The first-order chi connectivity index (χ1) is 8.03. The second-order valence-electron chi connectivity index (χ2n) is 6.61. The van der Waals surface area contributed by atoms with Gasteiger partial charge in [0.2, 0.25) is 0 Å². The number of hydrogen-bond donors (Lipinski definition) is 0. The Morgan fingerprint density at radius 1 is 1.12 bits per heavy atom. The number of allylic oxidation sites excluding steroid dienone is 2. The van der Waals surface area contributed by atoms with Crippen LogP contribution in [0, 0.1) is 16.7 Å².